The van der Waals surface area contributed by atoms with Crippen molar-refractivity contribution in [3.63, 3.8) is 0 Å². The Balaban J connectivity index is 0.00000128. The van der Waals surface area contributed by atoms with Gasteiger partial charge in [0.2, 0.25) is 0 Å². The Morgan fingerprint density at radius 3 is 3.19 bits per heavy atom. The minimum atomic E-state index is 0. The van der Waals surface area contributed by atoms with E-state index in [2.05, 4.69) is 16.4 Å². The zero-order chi connectivity index (χ0) is 10.5. The second kappa shape index (κ2) is 6.74. The highest BCUT2D eigenvalue weighted by atomic mass is 35.5. The number of nitrogens with zero attached hydrogens (tertiary/aromatic N) is 2. The van der Waals surface area contributed by atoms with Crippen LogP contribution in [0, 0.1) is 11.3 Å². The van der Waals surface area contributed by atoms with E-state index in [9.17, 15) is 0 Å². The summed E-state index contributed by atoms with van der Waals surface area (Å²) in [4.78, 5) is 4.22. The molecule has 0 radical (unpaired) electrons. The van der Waals surface area contributed by atoms with Crippen molar-refractivity contribution < 1.29 is 0 Å². The van der Waals surface area contributed by atoms with E-state index >= 15 is 0 Å². The van der Waals surface area contributed by atoms with Crippen LogP contribution < -0.4 is 5.32 Å². The summed E-state index contributed by atoms with van der Waals surface area (Å²) in [6.45, 7) is 1.12. The van der Waals surface area contributed by atoms with Crippen LogP contribution in [0.1, 0.15) is 18.4 Å². The molecular formula is C11H14ClN3S. The van der Waals surface area contributed by atoms with Gasteiger partial charge in [-0.25, -0.2) is 4.98 Å². The first-order valence-corrected chi connectivity index (χ1v) is 6.10. The molecule has 1 unspecified atom stereocenters. The Morgan fingerprint density at radius 2 is 2.50 bits per heavy atom. The van der Waals surface area contributed by atoms with Gasteiger partial charge in [-0.2, -0.15) is 5.26 Å². The molecule has 0 aromatic carbocycles. The fourth-order valence-electron chi connectivity index (χ4n) is 1.67. The molecule has 0 saturated carbocycles. The van der Waals surface area contributed by atoms with Crippen LogP contribution in [-0.4, -0.2) is 23.3 Å². The number of nitrogens with one attached hydrogen (secondary N) is 1. The lowest BCUT2D eigenvalue weighted by Crippen LogP contribution is -2.23. The molecule has 1 fully saturated rings. The van der Waals surface area contributed by atoms with E-state index < -0.39 is 0 Å². The fourth-order valence-corrected chi connectivity index (χ4v) is 2.72. The van der Waals surface area contributed by atoms with Crippen LogP contribution in [-0.2, 0) is 0 Å². The Bertz CT molecular complexity index is 372. The number of hydrogen-bond donors (Lipinski definition) is 1. The number of halogens is 1. The molecule has 2 rings (SSSR count). The maximum Gasteiger partial charge on any atom is 0.114 e. The number of hydrogen-bond acceptors (Lipinski definition) is 4. The third kappa shape index (κ3) is 3.38. The normalized spacial score (nSPS) is 18.8. The molecule has 0 bridgehead atoms. The van der Waals surface area contributed by atoms with Gasteiger partial charge in [0.1, 0.15) is 11.1 Å². The van der Waals surface area contributed by atoms with Crippen LogP contribution in [0.4, 0.5) is 0 Å². The molecular weight excluding hydrogens is 242 g/mol. The quantitative estimate of drug-likeness (QED) is 0.842. The Morgan fingerprint density at radius 1 is 1.62 bits per heavy atom. The molecule has 16 heavy (non-hydrogen) atoms. The number of nitriles is 1. The maximum atomic E-state index is 8.89. The van der Waals surface area contributed by atoms with E-state index in [0.29, 0.717) is 11.6 Å². The Kier molecular flexibility index (Phi) is 5.61. The van der Waals surface area contributed by atoms with Crippen LogP contribution in [0.2, 0.25) is 0 Å². The molecule has 2 heterocycles. The molecule has 0 aliphatic carbocycles. The van der Waals surface area contributed by atoms with E-state index in [-0.39, 0.29) is 12.4 Å². The number of thioether (sulfide) groups is 1. The average Bonchev–Trinajstić information content (AvgIpc) is 2.79. The van der Waals surface area contributed by atoms with Gasteiger partial charge in [-0.05, 0) is 31.5 Å². The van der Waals surface area contributed by atoms with E-state index in [1.807, 2.05) is 6.07 Å². The van der Waals surface area contributed by atoms with Crippen molar-refractivity contribution in [1.29, 1.82) is 5.26 Å². The number of aromatic nitrogens is 1. The molecule has 1 aromatic heterocycles. The zero-order valence-electron chi connectivity index (χ0n) is 8.85. The van der Waals surface area contributed by atoms with Crippen LogP contribution in [0.15, 0.2) is 23.4 Å². The van der Waals surface area contributed by atoms with Crippen molar-refractivity contribution in [1.82, 2.24) is 10.3 Å². The zero-order valence-corrected chi connectivity index (χ0v) is 10.5. The van der Waals surface area contributed by atoms with Gasteiger partial charge >= 0.3 is 0 Å². The summed E-state index contributed by atoms with van der Waals surface area (Å²) in [6.07, 6.45) is 4.24. The molecule has 3 nitrogen and oxygen atoms in total. The molecule has 1 aromatic rings. The predicted octanol–water partition coefficient (Wildman–Crippen LogP) is 2.22. The van der Waals surface area contributed by atoms with Crippen molar-refractivity contribution in [3.8, 4) is 6.07 Å². The second-order valence-corrected chi connectivity index (χ2v) is 4.58. The third-order valence-corrected chi connectivity index (χ3v) is 3.64. The summed E-state index contributed by atoms with van der Waals surface area (Å²) in [5, 5.41) is 13.2. The van der Waals surface area contributed by atoms with Crippen molar-refractivity contribution in [2.24, 2.45) is 0 Å². The van der Waals surface area contributed by atoms with Gasteiger partial charge in [-0.1, -0.05) is 0 Å². The summed E-state index contributed by atoms with van der Waals surface area (Å²) in [6, 6.07) is 6.37. The third-order valence-electron chi connectivity index (χ3n) is 2.48. The molecule has 1 aliphatic rings. The SMILES string of the molecule is Cl.N#Cc1cccnc1SCC1CCCN1. The average molecular weight is 256 g/mol. The van der Waals surface area contributed by atoms with Gasteiger partial charge < -0.3 is 5.32 Å². The summed E-state index contributed by atoms with van der Waals surface area (Å²) in [5.41, 5.74) is 0.681. The number of pyridine rings is 1. The van der Waals surface area contributed by atoms with Crippen LogP contribution in [0.25, 0.3) is 0 Å². The monoisotopic (exact) mass is 255 g/mol. The summed E-state index contributed by atoms with van der Waals surface area (Å²) in [7, 11) is 0. The molecule has 0 amide bonds. The van der Waals surface area contributed by atoms with Gasteiger partial charge in [0.25, 0.3) is 0 Å². The Labute approximate surface area is 106 Å². The van der Waals surface area contributed by atoms with Crippen molar-refractivity contribution in [2.45, 2.75) is 23.9 Å². The van der Waals surface area contributed by atoms with Gasteiger partial charge in [0.15, 0.2) is 0 Å². The largest absolute Gasteiger partial charge is 0.313 e. The van der Waals surface area contributed by atoms with E-state index in [0.717, 1.165) is 17.3 Å². The molecule has 1 atom stereocenters. The van der Waals surface area contributed by atoms with Crippen molar-refractivity contribution >= 4 is 24.2 Å². The smallest absolute Gasteiger partial charge is 0.114 e. The lowest BCUT2D eigenvalue weighted by molar-refractivity contribution is 0.673. The summed E-state index contributed by atoms with van der Waals surface area (Å²) >= 11 is 1.67. The van der Waals surface area contributed by atoms with Gasteiger partial charge in [-0.15, -0.1) is 24.2 Å². The lowest BCUT2D eigenvalue weighted by atomic mass is 10.3. The summed E-state index contributed by atoms with van der Waals surface area (Å²) < 4.78 is 0. The van der Waals surface area contributed by atoms with E-state index in [4.69, 9.17) is 5.26 Å². The van der Waals surface area contributed by atoms with Gasteiger partial charge in [0.05, 0.1) is 5.56 Å². The summed E-state index contributed by atoms with van der Waals surface area (Å²) in [5.74, 6) is 1.01. The van der Waals surface area contributed by atoms with E-state index in [1.54, 1.807) is 24.0 Å². The molecule has 1 N–H and O–H groups in total. The maximum absolute atomic E-state index is 8.89. The molecule has 1 saturated heterocycles. The van der Waals surface area contributed by atoms with Crippen molar-refractivity contribution in [3.05, 3.63) is 23.9 Å². The first-order chi connectivity index (χ1) is 7.40. The fraction of sp³-hybridized carbons (Fsp3) is 0.455. The van der Waals surface area contributed by atoms with Crippen LogP contribution in [0.3, 0.4) is 0 Å². The first kappa shape index (κ1) is 13.3. The standard InChI is InChI=1S/C11H13N3S.ClH/c12-7-9-3-1-6-14-11(9)15-8-10-4-2-5-13-10;/h1,3,6,10,13H,2,4-5,8H2;1H. The lowest BCUT2D eigenvalue weighted by Gasteiger charge is -2.09. The van der Waals surface area contributed by atoms with Gasteiger partial charge in [0, 0.05) is 18.0 Å². The molecule has 0 spiro atoms. The highest BCUT2D eigenvalue weighted by molar-refractivity contribution is 7.99. The molecule has 1 aliphatic heterocycles. The van der Waals surface area contributed by atoms with Crippen molar-refractivity contribution in [2.75, 3.05) is 12.3 Å². The highest BCUT2D eigenvalue weighted by Crippen LogP contribution is 2.22. The van der Waals surface area contributed by atoms with Crippen LogP contribution >= 0.6 is 24.2 Å². The highest BCUT2D eigenvalue weighted by Gasteiger charge is 2.15. The predicted molar refractivity (Wildman–Crippen MR) is 67.9 cm³/mol. The number of rotatable bonds is 3. The molecule has 5 heteroatoms. The molecule has 86 valence electrons. The van der Waals surface area contributed by atoms with E-state index in [1.165, 1.54) is 12.8 Å². The Hall–Kier alpha value is -0.760. The minimum absolute atomic E-state index is 0. The van der Waals surface area contributed by atoms with Gasteiger partial charge in [-0.3, -0.25) is 0 Å². The second-order valence-electron chi connectivity index (χ2n) is 3.57. The topological polar surface area (TPSA) is 48.7 Å². The van der Waals surface area contributed by atoms with Crippen LogP contribution in [0.5, 0.6) is 0 Å². The minimum Gasteiger partial charge on any atom is -0.313 e. The first-order valence-electron chi connectivity index (χ1n) is 5.11.